The summed E-state index contributed by atoms with van der Waals surface area (Å²) >= 11 is 0. The second kappa shape index (κ2) is 41.1. The predicted molar refractivity (Wildman–Crippen MR) is 444 cm³/mol. The van der Waals surface area contributed by atoms with Crippen LogP contribution in [0.2, 0.25) is 0 Å². The molecule has 0 saturated carbocycles. The number of hydrogen-bond donors (Lipinski definition) is 0. The monoisotopic (exact) mass is 1390 g/mol. The lowest BCUT2D eigenvalue weighted by molar-refractivity contribution is 0.482. The van der Waals surface area contributed by atoms with E-state index in [-0.39, 0.29) is 0 Å². The Labute approximate surface area is 623 Å². The Morgan fingerprint density at radius 2 is 0.423 bits per heavy atom. The molecule has 104 heavy (non-hydrogen) atoms. The highest BCUT2D eigenvalue weighted by atomic mass is 32.2. The van der Waals surface area contributed by atoms with Crippen molar-refractivity contribution in [3.63, 3.8) is 0 Å². The van der Waals surface area contributed by atoms with Gasteiger partial charge < -0.3 is 9.47 Å². The van der Waals surface area contributed by atoms with Crippen LogP contribution in [0.25, 0.3) is 21.9 Å². The number of aryl methyl sites for hydroxylation is 16. The molecule has 0 heterocycles. The molecule has 14 aromatic rings. The Hall–Kier alpha value is -11.1. The maximum atomic E-state index is 12.3. The molecule has 0 N–H and O–H groups in total. The van der Waals surface area contributed by atoms with Gasteiger partial charge in [0.1, 0.15) is 23.0 Å². The SMILES string of the molecule is Cc1ccc(-c2ccc(C)cc2)cc1.Cc1ccc(C)cc1.Cc1ccc(Cc2ccc(C)cc2)cc1.Cc1ccc(Oc2ccc(C)cc2)cc1.Cc1ccc(Oc2cccc(C)c2)cc1.Cc1ccc(S(=O)(=O)c2ccc(C)cc2)cc1.Cc1ccc2cc(C)ccc2c1.Cc1cccc(C)c1. The van der Waals surface area contributed by atoms with E-state index in [1.807, 2.05) is 105 Å². The Morgan fingerprint density at radius 3 is 0.702 bits per heavy atom. The van der Waals surface area contributed by atoms with Gasteiger partial charge in [0.2, 0.25) is 9.84 Å². The third-order valence-corrected chi connectivity index (χ3v) is 18.6. The van der Waals surface area contributed by atoms with Gasteiger partial charge in [0.15, 0.2) is 0 Å². The van der Waals surface area contributed by atoms with Crippen molar-refractivity contribution in [1.82, 2.24) is 0 Å². The zero-order chi connectivity index (χ0) is 75.0. The van der Waals surface area contributed by atoms with Crippen LogP contribution in [0.15, 0.2) is 337 Å². The summed E-state index contributed by atoms with van der Waals surface area (Å²) in [7, 11) is -3.37. The lowest BCUT2D eigenvalue weighted by Crippen LogP contribution is -2.01. The molecule has 0 unspecified atom stereocenters. The number of hydrogen-bond acceptors (Lipinski definition) is 4. The molecule has 0 bridgehead atoms. The Kier molecular flexibility index (Phi) is 31.7. The first kappa shape index (κ1) is 80.2. The van der Waals surface area contributed by atoms with Crippen molar-refractivity contribution in [2.45, 2.75) is 127 Å². The van der Waals surface area contributed by atoms with Gasteiger partial charge in [0, 0.05) is 0 Å². The summed E-state index contributed by atoms with van der Waals surface area (Å²) in [6.07, 6.45) is 1.03. The fourth-order valence-corrected chi connectivity index (χ4v) is 11.7. The minimum absolute atomic E-state index is 0.340. The molecule has 0 amide bonds. The summed E-state index contributed by atoms with van der Waals surface area (Å²) in [5, 5.41) is 2.67. The van der Waals surface area contributed by atoms with Gasteiger partial charge in [-0.1, -0.05) is 338 Å². The topological polar surface area (TPSA) is 52.6 Å². The van der Waals surface area contributed by atoms with Crippen LogP contribution in [0.3, 0.4) is 0 Å². The van der Waals surface area contributed by atoms with Crippen molar-refractivity contribution in [3.05, 3.63) is 428 Å². The second-order valence-corrected chi connectivity index (χ2v) is 29.1. The third kappa shape index (κ3) is 29.1. The maximum Gasteiger partial charge on any atom is 0.206 e. The summed E-state index contributed by atoms with van der Waals surface area (Å²) < 4.78 is 35.9. The van der Waals surface area contributed by atoms with Crippen LogP contribution in [0, 0.1) is 111 Å². The summed E-state index contributed by atoms with van der Waals surface area (Å²) in [4.78, 5) is 0.680. The van der Waals surface area contributed by atoms with Crippen molar-refractivity contribution in [2.75, 3.05) is 0 Å². The fourth-order valence-electron chi connectivity index (χ4n) is 10.4. The molecule has 0 aliphatic carbocycles. The molecule has 0 aliphatic heterocycles. The molecule has 0 radical (unpaired) electrons. The van der Waals surface area contributed by atoms with Gasteiger partial charge in [-0.05, 0) is 229 Å². The molecule has 0 saturated heterocycles. The van der Waals surface area contributed by atoms with Crippen molar-refractivity contribution in [1.29, 1.82) is 0 Å². The van der Waals surface area contributed by atoms with Gasteiger partial charge in [-0.2, -0.15) is 0 Å². The minimum Gasteiger partial charge on any atom is -0.457 e. The molecule has 4 nitrogen and oxygen atoms in total. The number of fused-ring (bicyclic) bond motifs is 1. The predicted octanol–water partition coefficient (Wildman–Crippen LogP) is 27.3. The number of benzene rings is 14. The number of rotatable bonds is 9. The van der Waals surface area contributed by atoms with Crippen LogP contribution in [0.1, 0.15) is 100 Å². The first-order chi connectivity index (χ1) is 49.8. The molecular weight excluding hydrogens is 1290 g/mol. The van der Waals surface area contributed by atoms with Crippen LogP contribution < -0.4 is 9.47 Å². The molecule has 530 valence electrons. The van der Waals surface area contributed by atoms with E-state index in [2.05, 4.69) is 285 Å². The van der Waals surface area contributed by atoms with E-state index < -0.39 is 9.84 Å². The van der Waals surface area contributed by atoms with Crippen molar-refractivity contribution in [2.24, 2.45) is 0 Å². The number of sulfone groups is 1. The molecule has 14 aromatic carbocycles. The highest BCUT2D eigenvalue weighted by molar-refractivity contribution is 7.91. The summed E-state index contributed by atoms with van der Waals surface area (Å²) in [5.74, 6) is 3.53. The largest absolute Gasteiger partial charge is 0.457 e. The van der Waals surface area contributed by atoms with Crippen molar-refractivity contribution in [3.8, 4) is 34.1 Å². The first-order valence-corrected chi connectivity index (χ1v) is 37.1. The van der Waals surface area contributed by atoms with E-state index in [1.165, 1.54) is 111 Å². The summed E-state index contributed by atoms with van der Waals surface area (Å²) in [5.41, 5.74) is 25.6. The van der Waals surface area contributed by atoms with Gasteiger partial charge in [0.05, 0.1) is 9.79 Å². The van der Waals surface area contributed by atoms with Crippen molar-refractivity contribution < 1.29 is 17.9 Å². The summed E-state index contributed by atoms with van der Waals surface area (Å²) in [6.45, 7) is 33.2. The Bertz CT molecular complexity index is 4590. The quantitative estimate of drug-likeness (QED) is 0.145. The van der Waals surface area contributed by atoms with Crippen LogP contribution in [0.5, 0.6) is 23.0 Å². The van der Waals surface area contributed by atoms with E-state index >= 15 is 0 Å². The van der Waals surface area contributed by atoms with E-state index in [1.54, 1.807) is 48.5 Å². The lowest BCUT2D eigenvalue weighted by Gasteiger charge is -2.06. The maximum absolute atomic E-state index is 12.3. The van der Waals surface area contributed by atoms with Crippen LogP contribution in [0.4, 0.5) is 0 Å². The average Bonchev–Trinajstić information content (AvgIpc) is 0.807. The van der Waals surface area contributed by atoms with Crippen LogP contribution in [-0.2, 0) is 16.3 Å². The van der Waals surface area contributed by atoms with Gasteiger partial charge in [-0.15, -0.1) is 0 Å². The second-order valence-electron chi connectivity index (χ2n) is 27.1. The molecule has 0 aromatic heterocycles. The van der Waals surface area contributed by atoms with Crippen LogP contribution in [-0.4, -0.2) is 8.42 Å². The Balaban J connectivity index is 0.000000168. The molecule has 0 spiro atoms. The van der Waals surface area contributed by atoms with Gasteiger partial charge >= 0.3 is 0 Å². The number of ether oxygens (including phenoxy) is 2. The minimum atomic E-state index is -3.37. The first-order valence-electron chi connectivity index (χ1n) is 35.6. The van der Waals surface area contributed by atoms with E-state index in [0.29, 0.717) is 9.79 Å². The average molecular weight is 1390 g/mol. The Morgan fingerprint density at radius 1 is 0.202 bits per heavy atom. The van der Waals surface area contributed by atoms with Gasteiger partial charge in [0.25, 0.3) is 0 Å². The highest BCUT2D eigenvalue weighted by Gasteiger charge is 2.17. The van der Waals surface area contributed by atoms with E-state index in [4.69, 9.17) is 9.47 Å². The van der Waals surface area contributed by atoms with E-state index in [0.717, 1.165) is 40.5 Å². The van der Waals surface area contributed by atoms with Gasteiger partial charge in [-0.3, -0.25) is 0 Å². The zero-order valence-corrected chi connectivity index (χ0v) is 64.7. The smallest absolute Gasteiger partial charge is 0.206 e. The molecule has 0 fully saturated rings. The fraction of sp³-hybridized carbons (Fsp3) is 0.172. The zero-order valence-electron chi connectivity index (χ0n) is 63.9. The summed E-state index contributed by atoms with van der Waals surface area (Å²) in [6, 6.07) is 111. The highest BCUT2D eigenvalue weighted by Crippen LogP contribution is 2.26. The lowest BCUT2D eigenvalue weighted by atomic mass is 10.0. The molecular formula is C99H104O4S. The van der Waals surface area contributed by atoms with Crippen LogP contribution >= 0.6 is 0 Å². The standard InChI is InChI=1S/C15H16.C14H14O2S.2C14H14O.C14H14.C12H12.2C8H10/c1-12-3-7-14(8-4-12)11-15-9-5-13(2)6-10-15;1-11-3-7-13(8-4-11)17(15,16)14-9-5-12(2)6-10-14;1-11-3-7-13(8-4-11)15-14-9-5-12(2)6-10-14;1-11-6-8-13(9-7-11)15-14-5-3-4-12(2)10-14;1-11-3-7-13(8-4-11)14-9-5-12(2)6-10-14;1-9-3-5-12-8-10(2)4-6-11(12)7-9;1-7-3-5-8(2)6-4-7;1-7-4-3-5-8(2)6-7/h3-10H,11H2,1-2H3;3-10H,1-2H3;2*3-10H,1-2H3;3-10H,1-2H3;3-8H,1-2H3;2*3-6H,1-2H3. The molecule has 5 heteroatoms. The molecule has 0 atom stereocenters. The van der Waals surface area contributed by atoms with Gasteiger partial charge in [-0.25, -0.2) is 8.42 Å². The van der Waals surface area contributed by atoms with Crippen molar-refractivity contribution >= 4 is 20.6 Å². The third-order valence-electron chi connectivity index (χ3n) is 16.8. The molecule has 14 rings (SSSR count). The normalized spacial score (nSPS) is 10.2. The van der Waals surface area contributed by atoms with E-state index in [9.17, 15) is 8.42 Å². The molecule has 0 aliphatic rings.